The zero-order valence-corrected chi connectivity index (χ0v) is 18.7. The highest BCUT2D eigenvalue weighted by atomic mass is 35.5. The molecule has 0 radical (unpaired) electrons. The minimum Gasteiger partial charge on any atom is -0.352 e. The van der Waals surface area contributed by atoms with Gasteiger partial charge in [0.05, 0.1) is 6.42 Å². The number of hydrogen-bond acceptors (Lipinski definition) is 2. The first-order valence-electron chi connectivity index (χ1n) is 10.1. The highest BCUT2D eigenvalue weighted by Gasteiger charge is 2.26. The molecule has 2 amide bonds. The first-order chi connectivity index (χ1) is 13.7. The smallest absolute Gasteiger partial charge is 0.242 e. The monoisotopic (exact) mass is 414 g/mol. The van der Waals surface area contributed by atoms with Crippen LogP contribution < -0.4 is 5.32 Å². The quantitative estimate of drug-likeness (QED) is 0.672. The van der Waals surface area contributed by atoms with Crippen LogP contribution in [0, 0.1) is 13.8 Å². The first-order valence-corrected chi connectivity index (χ1v) is 10.5. The Labute approximate surface area is 179 Å². The predicted molar refractivity (Wildman–Crippen MR) is 119 cm³/mol. The van der Waals surface area contributed by atoms with Crippen molar-refractivity contribution in [3.8, 4) is 0 Å². The Kier molecular flexibility index (Phi) is 8.27. The van der Waals surface area contributed by atoms with E-state index in [4.69, 9.17) is 11.6 Å². The van der Waals surface area contributed by atoms with Gasteiger partial charge in [0.15, 0.2) is 0 Å². The minimum atomic E-state index is -0.571. The van der Waals surface area contributed by atoms with Gasteiger partial charge in [-0.3, -0.25) is 9.59 Å². The number of amides is 2. The normalized spacial score (nSPS) is 12.9. The van der Waals surface area contributed by atoms with Crippen LogP contribution in [0.4, 0.5) is 0 Å². The molecule has 0 aliphatic carbocycles. The number of nitrogens with zero attached hydrogens (tertiary/aromatic N) is 1. The van der Waals surface area contributed by atoms with Crippen LogP contribution in [0.15, 0.2) is 42.5 Å². The summed E-state index contributed by atoms with van der Waals surface area (Å²) in [5.41, 5.74) is 4.15. The maximum absolute atomic E-state index is 13.2. The second kappa shape index (κ2) is 10.4. The van der Waals surface area contributed by atoms with E-state index in [0.717, 1.165) is 28.7 Å². The Bertz CT molecular complexity index is 828. The second-order valence-electron chi connectivity index (χ2n) is 7.81. The number of carbonyl (C=O) groups excluding carboxylic acids is 2. The van der Waals surface area contributed by atoms with Crippen molar-refractivity contribution in [2.24, 2.45) is 0 Å². The molecule has 0 heterocycles. The molecule has 4 nitrogen and oxygen atoms in total. The van der Waals surface area contributed by atoms with Gasteiger partial charge in [0.2, 0.25) is 11.8 Å². The van der Waals surface area contributed by atoms with E-state index < -0.39 is 6.04 Å². The lowest BCUT2D eigenvalue weighted by atomic mass is 10.0. The third-order valence-corrected chi connectivity index (χ3v) is 5.32. The largest absolute Gasteiger partial charge is 0.352 e. The Morgan fingerprint density at radius 1 is 1.00 bits per heavy atom. The molecule has 0 aromatic heterocycles. The van der Waals surface area contributed by atoms with Crippen molar-refractivity contribution in [2.45, 2.75) is 66.1 Å². The molecule has 5 heteroatoms. The molecular formula is C24H31ClN2O2. The molecular weight excluding hydrogens is 384 g/mol. The van der Waals surface area contributed by atoms with Gasteiger partial charge in [-0.25, -0.2) is 0 Å². The van der Waals surface area contributed by atoms with E-state index in [1.165, 1.54) is 0 Å². The van der Waals surface area contributed by atoms with Crippen molar-refractivity contribution >= 4 is 23.4 Å². The molecule has 0 fully saturated rings. The van der Waals surface area contributed by atoms with Crippen molar-refractivity contribution < 1.29 is 9.59 Å². The molecule has 0 spiro atoms. The number of aryl methyl sites for hydroxylation is 2. The number of carbonyl (C=O) groups is 2. The van der Waals surface area contributed by atoms with Crippen molar-refractivity contribution in [2.75, 3.05) is 0 Å². The zero-order chi connectivity index (χ0) is 21.6. The van der Waals surface area contributed by atoms with E-state index in [-0.39, 0.29) is 24.3 Å². The van der Waals surface area contributed by atoms with E-state index in [1.54, 1.807) is 24.0 Å². The molecule has 156 valence electrons. The van der Waals surface area contributed by atoms with Crippen molar-refractivity contribution in [3.05, 3.63) is 69.7 Å². The molecule has 0 bridgehead atoms. The SMILES string of the molecule is CC[C@H](C)NC(=O)[C@H](C)N(Cc1ccc(Cl)cc1)C(=O)Cc1cc(C)cc(C)c1. The maximum Gasteiger partial charge on any atom is 0.242 e. The van der Waals surface area contributed by atoms with Crippen LogP contribution in [0.1, 0.15) is 49.4 Å². The highest BCUT2D eigenvalue weighted by Crippen LogP contribution is 2.16. The number of nitrogens with one attached hydrogen (secondary N) is 1. The molecule has 2 aromatic rings. The van der Waals surface area contributed by atoms with Gasteiger partial charge in [0.1, 0.15) is 6.04 Å². The van der Waals surface area contributed by atoms with Crippen molar-refractivity contribution in [1.82, 2.24) is 10.2 Å². The highest BCUT2D eigenvalue weighted by molar-refractivity contribution is 6.30. The number of rotatable bonds is 8. The topological polar surface area (TPSA) is 49.4 Å². The summed E-state index contributed by atoms with van der Waals surface area (Å²) in [6.07, 6.45) is 1.10. The lowest BCUT2D eigenvalue weighted by Crippen LogP contribution is -2.49. The summed E-state index contributed by atoms with van der Waals surface area (Å²) < 4.78 is 0. The van der Waals surface area contributed by atoms with Crippen molar-refractivity contribution in [1.29, 1.82) is 0 Å². The Hall–Kier alpha value is -2.33. The molecule has 0 aliphatic rings. The van der Waals surface area contributed by atoms with Gasteiger partial charge in [0, 0.05) is 17.6 Å². The van der Waals surface area contributed by atoms with Gasteiger partial charge in [-0.05, 0) is 57.4 Å². The van der Waals surface area contributed by atoms with Crippen LogP contribution in [0.5, 0.6) is 0 Å². The van der Waals surface area contributed by atoms with E-state index >= 15 is 0 Å². The van der Waals surface area contributed by atoms with E-state index in [1.807, 2.05) is 52.0 Å². The molecule has 0 unspecified atom stereocenters. The Balaban J connectivity index is 2.25. The lowest BCUT2D eigenvalue weighted by molar-refractivity contribution is -0.140. The summed E-state index contributed by atoms with van der Waals surface area (Å²) in [7, 11) is 0. The number of halogens is 1. The molecule has 2 atom stereocenters. The lowest BCUT2D eigenvalue weighted by Gasteiger charge is -2.30. The number of benzene rings is 2. The average molecular weight is 415 g/mol. The van der Waals surface area contributed by atoms with Crippen LogP contribution in [0.3, 0.4) is 0 Å². The van der Waals surface area contributed by atoms with Gasteiger partial charge >= 0.3 is 0 Å². The second-order valence-corrected chi connectivity index (χ2v) is 8.25. The summed E-state index contributed by atoms with van der Waals surface area (Å²) in [6, 6.07) is 13.0. The minimum absolute atomic E-state index is 0.0665. The Morgan fingerprint density at radius 2 is 1.59 bits per heavy atom. The van der Waals surface area contributed by atoms with Gasteiger partial charge in [-0.15, -0.1) is 0 Å². The van der Waals surface area contributed by atoms with Crippen LogP contribution in [0.25, 0.3) is 0 Å². The molecule has 2 rings (SSSR count). The third-order valence-electron chi connectivity index (χ3n) is 5.07. The molecule has 0 saturated carbocycles. The summed E-state index contributed by atoms with van der Waals surface area (Å²) in [6.45, 7) is 10.2. The predicted octanol–water partition coefficient (Wildman–Crippen LogP) is 4.83. The van der Waals surface area contributed by atoms with Gasteiger partial charge < -0.3 is 10.2 Å². The average Bonchev–Trinajstić information content (AvgIpc) is 2.65. The number of hydrogen-bond donors (Lipinski definition) is 1. The molecule has 2 aromatic carbocycles. The van der Waals surface area contributed by atoms with E-state index in [9.17, 15) is 9.59 Å². The third kappa shape index (κ3) is 6.90. The summed E-state index contributed by atoms with van der Waals surface area (Å²) in [5.74, 6) is -0.209. The molecule has 1 N–H and O–H groups in total. The van der Waals surface area contributed by atoms with Crippen LogP contribution in [0.2, 0.25) is 5.02 Å². The molecule has 0 aliphatic heterocycles. The summed E-state index contributed by atoms with van der Waals surface area (Å²) >= 11 is 5.99. The van der Waals surface area contributed by atoms with Crippen LogP contribution >= 0.6 is 11.6 Å². The first kappa shape index (κ1) is 23.0. The molecule has 29 heavy (non-hydrogen) atoms. The summed E-state index contributed by atoms with van der Waals surface area (Å²) in [5, 5.41) is 3.63. The standard InChI is InChI=1S/C24H31ClN2O2/c1-6-18(4)26-24(29)19(5)27(15-20-7-9-22(25)10-8-20)23(28)14-21-12-16(2)11-17(3)13-21/h7-13,18-19H,6,14-15H2,1-5H3,(H,26,29)/t18-,19-/m0/s1. The fraction of sp³-hybridized carbons (Fsp3) is 0.417. The van der Waals surface area contributed by atoms with E-state index in [2.05, 4.69) is 11.4 Å². The zero-order valence-electron chi connectivity index (χ0n) is 18.0. The van der Waals surface area contributed by atoms with Crippen LogP contribution in [-0.2, 0) is 22.6 Å². The fourth-order valence-electron chi connectivity index (χ4n) is 3.28. The summed E-state index contributed by atoms with van der Waals surface area (Å²) in [4.78, 5) is 27.6. The van der Waals surface area contributed by atoms with Crippen molar-refractivity contribution in [3.63, 3.8) is 0 Å². The van der Waals surface area contributed by atoms with Gasteiger partial charge in [-0.2, -0.15) is 0 Å². The van der Waals surface area contributed by atoms with Crippen LogP contribution in [-0.4, -0.2) is 28.8 Å². The van der Waals surface area contributed by atoms with E-state index in [0.29, 0.717) is 11.6 Å². The fourth-order valence-corrected chi connectivity index (χ4v) is 3.41. The molecule has 0 saturated heterocycles. The van der Waals surface area contributed by atoms with Gasteiger partial charge in [-0.1, -0.05) is 60.0 Å². The Morgan fingerprint density at radius 3 is 2.14 bits per heavy atom. The maximum atomic E-state index is 13.2. The van der Waals surface area contributed by atoms with Gasteiger partial charge in [0.25, 0.3) is 0 Å².